The van der Waals surface area contributed by atoms with Gasteiger partial charge in [0.25, 0.3) is 0 Å². The van der Waals surface area contributed by atoms with E-state index in [0.717, 1.165) is 0 Å². The van der Waals surface area contributed by atoms with Crippen molar-refractivity contribution in [2.24, 2.45) is 0 Å². The number of amides is 2. The van der Waals surface area contributed by atoms with Crippen LogP contribution in [0.1, 0.15) is 0 Å². The van der Waals surface area contributed by atoms with Crippen LogP contribution in [0.25, 0.3) is 0 Å². The molecule has 0 unspecified atom stereocenters. The summed E-state index contributed by atoms with van der Waals surface area (Å²) < 4.78 is 35.0. The molecule has 1 heterocycles. The number of carbonyl (C=O) groups excluding carboxylic acids is 1. The minimum Gasteiger partial charge on any atom is -0.336 e. The third kappa shape index (κ3) is 2.14. The molecule has 0 saturated carbocycles. The van der Waals surface area contributed by atoms with Gasteiger partial charge in [-0.3, -0.25) is 0 Å². The monoisotopic (exact) mass is 190 g/mol. The second-order valence-electron chi connectivity index (χ2n) is 1.85. The summed E-state index contributed by atoms with van der Waals surface area (Å²) in [5.41, 5.74) is 0. The number of urea groups is 1. The van der Waals surface area contributed by atoms with Gasteiger partial charge in [-0.15, -0.1) is 25.6 Å². The third-order valence-electron chi connectivity index (χ3n) is 1.16. The van der Waals surface area contributed by atoms with Gasteiger partial charge < -0.3 is 5.32 Å². The molecule has 1 saturated heterocycles. The van der Waals surface area contributed by atoms with Crippen LogP contribution in [0, 0.1) is 0 Å². The highest BCUT2D eigenvalue weighted by atomic mass is 35.5. The number of carbonyl (C=O) groups is 1. The Morgan fingerprint density at radius 3 is 2.18 bits per heavy atom. The van der Waals surface area contributed by atoms with E-state index in [0.29, 0.717) is 0 Å². The Kier molecular flexibility index (Phi) is 2.98. The lowest BCUT2D eigenvalue weighted by atomic mass is 10.6. The molecule has 0 spiro atoms. The van der Waals surface area contributed by atoms with Gasteiger partial charge in [0, 0.05) is 13.1 Å². The molecule has 2 amide bonds. The lowest BCUT2D eigenvalue weighted by molar-refractivity contribution is -0.218. The minimum absolute atomic E-state index is 0. The van der Waals surface area contributed by atoms with Gasteiger partial charge in [0.15, 0.2) is 0 Å². The van der Waals surface area contributed by atoms with E-state index in [1.807, 2.05) is 5.32 Å². The SMILES string of the molecule is Cl.O=C1NCCN1C(F)(F)F. The van der Waals surface area contributed by atoms with Crippen molar-refractivity contribution < 1.29 is 18.0 Å². The summed E-state index contributed by atoms with van der Waals surface area (Å²) in [7, 11) is 0. The van der Waals surface area contributed by atoms with Gasteiger partial charge in [-0.1, -0.05) is 0 Å². The molecule has 1 fully saturated rings. The summed E-state index contributed by atoms with van der Waals surface area (Å²) in [6, 6.07) is -1.06. The second-order valence-corrected chi connectivity index (χ2v) is 1.85. The first-order valence-corrected chi connectivity index (χ1v) is 2.64. The fourth-order valence-corrected chi connectivity index (χ4v) is 0.714. The maximum Gasteiger partial charge on any atom is 0.488 e. The van der Waals surface area contributed by atoms with Crippen molar-refractivity contribution in [3.8, 4) is 0 Å². The Balaban J connectivity index is 0.000001000. The second kappa shape index (κ2) is 3.17. The summed E-state index contributed by atoms with van der Waals surface area (Å²) in [5.74, 6) is 0. The highest BCUT2D eigenvalue weighted by Crippen LogP contribution is 2.22. The Hall–Kier alpha value is -0.650. The normalized spacial score (nSPS) is 17.7. The van der Waals surface area contributed by atoms with Crippen LogP contribution in [0.15, 0.2) is 0 Å². The predicted octanol–water partition coefficient (Wildman–Crippen LogP) is 0.953. The molecule has 0 aliphatic carbocycles. The largest absolute Gasteiger partial charge is 0.488 e. The number of hydrogen-bond donors (Lipinski definition) is 1. The predicted molar refractivity (Wildman–Crippen MR) is 33.4 cm³/mol. The topological polar surface area (TPSA) is 32.3 Å². The quantitative estimate of drug-likeness (QED) is 0.567. The number of hydrogen-bond acceptors (Lipinski definition) is 1. The smallest absolute Gasteiger partial charge is 0.336 e. The fourth-order valence-electron chi connectivity index (χ4n) is 0.714. The van der Waals surface area contributed by atoms with Gasteiger partial charge in [0.1, 0.15) is 0 Å². The summed E-state index contributed by atoms with van der Waals surface area (Å²) >= 11 is 0. The van der Waals surface area contributed by atoms with E-state index in [-0.39, 0.29) is 30.4 Å². The first-order valence-electron chi connectivity index (χ1n) is 2.64. The fraction of sp³-hybridized carbons (Fsp3) is 0.750. The molecule has 0 aromatic heterocycles. The minimum atomic E-state index is -4.53. The lowest BCUT2D eigenvalue weighted by Crippen LogP contribution is -2.40. The highest BCUT2D eigenvalue weighted by Gasteiger charge is 2.43. The maximum atomic E-state index is 11.7. The molecule has 0 aromatic carbocycles. The van der Waals surface area contributed by atoms with Crippen molar-refractivity contribution in [2.45, 2.75) is 6.30 Å². The standard InChI is InChI=1S/C4H5F3N2O.ClH/c5-4(6,7)9-2-1-8-3(9)10;/h1-2H2,(H,8,10);1H. The first-order chi connectivity index (χ1) is 4.52. The molecule has 7 heteroatoms. The summed E-state index contributed by atoms with van der Waals surface area (Å²) in [6.07, 6.45) is -4.53. The van der Waals surface area contributed by atoms with Gasteiger partial charge in [0.05, 0.1) is 0 Å². The van der Waals surface area contributed by atoms with Gasteiger partial charge in [-0.25, -0.2) is 9.69 Å². The van der Waals surface area contributed by atoms with Crippen LogP contribution >= 0.6 is 12.4 Å². The van der Waals surface area contributed by atoms with Crippen molar-refractivity contribution in [3.05, 3.63) is 0 Å². The molecule has 66 valence electrons. The van der Waals surface area contributed by atoms with Gasteiger partial charge in [0.2, 0.25) is 0 Å². The number of halogens is 4. The molecule has 11 heavy (non-hydrogen) atoms. The summed E-state index contributed by atoms with van der Waals surface area (Å²) in [6.45, 7) is -0.222. The molecule has 0 atom stereocenters. The van der Waals surface area contributed by atoms with Crippen LogP contribution in [-0.4, -0.2) is 30.3 Å². The van der Waals surface area contributed by atoms with Gasteiger partial charge >= 0.3 is 12.3 Å². The van der Waals surface area contributed by atoms with Crippen molar-refractivity contribution in [1.29, 1.82) is 0 Å². The molecule has 1 aliphatic heterocycles. The van der Waals surface area contributed by atoms with E-state index in [2.05, 4.69) is 0 Å². The lowest BCUT2D eigenvalue weighted by Gasteiger charge is -2.16. The average Bonchev–Trinajstić information content (AvgIpc) is 2.11. The molecule has 0 aromatic rings. The number of rotatable bonds is 0. The molecular weight excluding hydrogens is 185 g/mol. The van der Waals surface area contributed by atoms with E-state index < -0.39 is 12.3 Å². The Labute approximate surface area is 66.9 Å². The van der Waals surface area contributed by atoms with E-state index in [9.17, 15) is 18.0 Å². The molecule has 3 nitrogen and oxygen atoms in total. The number of alkyl halides is 3. The molecule has 0 bridgehead atoms. The Morgan fingerprint density at radius 1 is 1.45 bits per heavy atom. The zero-order chi connectivity index (χ0) is 7.78. The zero-order valence-corrected chi connectivity index (χ0v) is 6.13. The van der Waals surface area contributed by atoms with Crippen LogP contribution < -0.4 is 5.32 Å². The average molecular weight is 191 g/mol. The van der Waals surface area contributed by atoms with Crippen molar-refractivity contribution in [2.75, 3.05) is 13.1 Å². The number of nitrogens with one attached hydrogen (secondary N) is 1. The highest BCUT2D eigenvalue weighted by molar-refractivity contribution is 5.85. The Morgan fingerprint density at radius 2 is 2.00 bits per heavy atom. The van der Waals surface area contributed by atoms with Gasteiger partial charge in [-0.05, 0) is 0 Å². The van der Waals surface area contributed by atoms with Crippen LogP contribution in [0.4, 0.5) is 18.0 Å². The molecule has 1 N–H and O–H groups in total. The summed E-state index contributed by atoms with van der Waals surface area (Å²) in [5, 5.41) is 2.04. The Bertz CT molecular complexity index is 160. The van der Waals surface area contributed by atoms with Crippen molar-refractivity contribution in [1.82, 2.24) is 10.2 Å². The van der Waals surface area contributed by atoms with E-state index in [4.69, 9.17) is 0 Å². The molecule has 1 aliphatic rings. The molecule has 1 rings (SSSR count). The zero-order valence-electron chi connectivity index (χ0n) is 5.31. The van der Waals surface area contributed by atoms with E-state index in [1.54, 1.807) is 0 Å². The van der Waals surface area contributed by atoms with Crippen LogP contribution in [0.5, 0.6) is 0 Å². The van der Waals surface area contributed by atoms with E-state index >= 15 is 0 Å². The maximum absolute atomic E-state index is 11.7. The molecular formula is C4H6ClF3N2O. The third-order valence-corrected chi connectivity index (χ3v) is 1.16. The van der Waals surface area contributed by atoms with Crippen LogP contribution in [0.2, 0.25) is 0 Å². The van der Waals surface area contributed by atoms with E-state index in [1.165, 1.54) is 0 Å². The van der Waals surface area contributed by atoms with Gasteiger partial charge in [-0.2, -0.15) is 0 Å². The van der Waals surface area contributed by atoms with Crippen molar-refractivity contribution >= 4 is 18.4 Å². The van der Waals surface area contributed by atoms with Crippen LogP contribution in [-0.2, 0) is 0 Å². The molecule has 0 radical (unpaired) electrons. The van der Waals surface area contributed by atoms with Crippen LogP contribution in [0.3, 0.4) is 0 Å². The summed E-state index contributed by atoms with van der Waals surface area (Å²) in [4.78, 5) is 10.2. The first kappa shape index (κ1) is 10.3. The van der Waals surface area contributed by atoms with Crippen molar-refractivity contribution in [3.63, 3.8) is 0 Å². The number of nitrogens with zero attached hydrogens (tertiary/aromatic N) is 1.